The Morgan fingerprint density at radius 1 is 1.33 bits per heavy atom. The summed E-state index contributed by atoms with van der Waals surface area (Å²) >= 11 is 0. The van der Waals surface area contributed by atoms with Gasteiger partial charge in [0.25, 0.3) is 0 Å². The molecule has 0 amide bonds. The van der Waals surface area contributed by atoms with Crippen LogP contribution in [0.2, 0.25) is 0 Å². The van der Waals surface area contributed by atoms with Crippen LogP contribution in [0.25, 0.3) is 10.9 Å². The van der Waals surface area contributed by atoms with E-state index in [9.17, 15) is 0 Å². The SMILES string of the molecule is COc1ccc2cc(C(C)ON)[nH]c2c1. The van der Waals surface area contributed by atoms with Gasteiger partial charge in [-0.05, 0) is 25.1 Å². The van der Waals surface area contributed by atoms with E-state index in [4.69, 9.17) is 15.5 Å². The molecule has 80 valence electrons. The van der Waals surface area contributed by atoms with Crippen LogP contribution in [0.1, 0.15) is 18.7 Å². The molecule has 1 unspecified atom stereocenters. The average molecular weight is 206 g/mol. The molecule has 0 saturated heterocycles. The summed E-state index contributed by atoms with van der Waals surface area (Å²) in [7, 11) is 1.65. The predicted molar refractivity (Wildman–Crippen MR) is 58.5 cm³/mol. The molecule has 3 N–H and O–H groups in total. The van der Waals surface area contributed by atoms with Gasteiger partial charge >= 0.3 is 0 Å². The summed E-state index contributed by atoms with van der Waals surface area (Å²) in [6.07, 6.45) is -0.136. The number of fused-ring (bicyclic) bond motifs is 1. The number of nitrogens with two attached hydrogens (primary N) is 1. The van der Waals surface area contributed by atoms with Crippen molar-refractivity contribution in [3.63, 3.8) is 0 Å². The molecule has 0 aliphatic rings. The van der Waals surface area contributed by atoms with E-state index in [1.54, 1.807) is 7.11 Å². The molecule has 4 nitrogen and oxygen atoms in total. The van der Waals surface area contributed by atoms with Crippen molar-refractivity contribution in [1.29, 1.82) is 0 Å². The molecule has 0 bridgehead atoms. The highest BCUT2D eigenvalue weighted by Gasteiger charge is 2.08. The number of rotatable bonds is 3. The van der Waals surface area contributed by atoms with E-state index in [0.29, 0.717) is 0 Å². The van der Waals surface area contributed by atoms with Crippen molar-refractivity contribution in [1.82, 2.24) is 4.98 Å². The van der Waals surface area contributed by atoms with Crippen LogP contribution in [-0.4, -0.2) is 12.1 Å². The van der Waals surface area contributed by atoms with E-state index < -0.39 is 0 Å². The third-order valence-electron chi connectivity index (χ3n) is 2.49. The van der Waals surface area contributed by atoms with Crippen molar-refractivity contribution in [2.75, 3.05) is 7.11 Å². The number of nitrogens with one attached hydrogen (secondary N) is 1. The van der Waals surface area contributed by atoms with Gasteiger partial charge in [0.1, 0.15) is 11.9 Å². The average Bonchev–Trinajstić information content (AvgIpc) is 2.70. The molecule has 0 radical (unpaired) electrons. The van der Waals surface area contributed by atoms with Crippen molar-refractivity contribution >= 4 is 10.9 Å². The Labute approximate surface area is 87.9 Å². The first kappa shape index (κ1) is 10.0. The molecule has 1 atom stereocenters. The van der Waals surface area contributed by atoms with Crippen LogP contribution in [0.5, 0.6) is 5.75 Å². The minimum absolute atomic E-state index is 0.136. The number of hydrogen-bond acceptors (Lipinski definition) is 3. The fourth-order valence-corrected chi connectivity index (χ4v) is 1.55. The standard InChI is InChI=1S/C11H14N2O2/c1-7(15-12)10-5-8-3-4-9(14-2)6-11(8)13-10/h3-7,13H,12H2,1-2H3. The van der Waals surface area contributed by atoms with E-state index in [2.05, 4.69) is 4.98 Å². The summed E-state index contributed by atoms with van der Waals surface area (Å²) in [5.74, 6) is 5.97. The highest BCUT2D eigenvalue weighted by molar-refractivity contribution is 5.81. The Morgan fingerprint density at radius 2 is 2.13 bits per heavy atom. The molecular weight excluding hydrogens is 192 g/mol. The molecule has 0 aliphatic heterocycles. The van der Waals surface area contributed by atoms with Crippen LogP contribution >= 0.6 is 0 Å². The van der Waals surface area contributed by atoms with Gasteiger partial charge in [0, 0.05) is 22.7 Å². The number of aromatic nitrogens is 1. The number of aromatic amines is 1. The maximum atomic E-state index is 5.14. The van der Waals surface area contributed by atoms with E-state index in [1.807, 2.05) is 31.2 Å². The molecule has 0 fully saturated rings. The van der Waals surface area contributed by atoms with Crippen molar-refractivity contribution in [3.8, 4) is 5.75 Å². The Morgan fingerprint density at radius 3 is 2.80 bits per heavy atom. The molecule has 0 saturated carbocycles. The third-order valence-corrected chi connectivity index (χ3v) is 2.49. The van der Waals surface area contributed by atoms with Gasteiger partial charge in [-0.2, -0.15) is 0 Å². The van der Waals surface area contributed by atoms with E-state index in [-0.39, 0.29) is 6.10 Å². The zero-order valence-corrected chi connectivity index (χ0v) is 8.78. The molecule has 4 heteroatoms. The lowest BCUT2D eigenvalue weighted by atomic mass is 10.2. The third kappa shape index (κ3) is 1.82. The van der Waals surface area contributed by atoms with Crippen molar-refractivity contribution in [2.24, 2.45) is 5.90 Å². The van der Waals surface area contributed by atoms with Crippen LogP contribution in [0.15, 0.2) is 24.3 Å². The Kier molecular flexibility index (Phi) is 2.62. The van der Waals surface area contributed by atoms with Gasteiger partial charge in [-0.1, -0.05) is 0 Å². The van der Waals surface area contributed by atoms with Crippen molar-refractivity contribution < 1.29 is 9.57 Å². The summed E-state index contributed by atoms with van der Waals surface area (Å²) in [4.78, 5) is 8.00. The summed E-state index contributed by atoms with van der Waals surface area (Å²) in [5, 5.41) is 1.12. The minimum Gasteiger partial charge on any atom is -0.497 e. The summed E-state index contributed by atoms with van der Waals surface area (Å²) < 4.78 is 5.14. The normalized spacial score (nSPS) is 13.0. The van der Waals surface area contributed by atoms with Crippen LogP contribution in [-0.2, 0) is 4.84 Å². The summed E-state index contributed by atoms with van der Waals surface area (Å²) in [5.41, 5.74) is 1.98. The van der Waals surface area contributed by atoms with Gasteiger partial charge in [0.05, 0.1) is 7.11 Å². The number of methoxy groups -OCH3 is 1. The van der Waals surface area contributed by atoms with Gasteiger partial charge in [-0.3, -0.25) is 4.84 Å². The number of H-pyrrole nitrogens is 1. The second-order valence-corrected chi connectivity index (χ2v) is 3.46. The smallest absolute Gasteiger partial charge is 0.120 e. The monoisotopic (exact) mass is 206 g/mol. The fourth-order valence-electron chi connectivity index (χ4n) is 1.55. The first-order valence-corrected chi connectivity index (χ1v) is 4.77. The molecule has 1 aromatic carbocycles. The lowest BCUT2D eigenvalue weighted by molar-refractivity contribution is 0.0639. The van der Waals surface area contributed by atoms with Gasteiger partial charge in [-0.25, -0.2) is 5.90 Å². The van der Waals surface area contributed by atoms with E-state index >= 15 is 0 Å². The second kappa shape index (κ2) is 3.92. The molecule has 1 heterocycles. The quantitative estimate of drug-likeness (QED) is 0.756. The number of benzene rings is 1. The van der Waals surface area contributed by atoms with Crippen LogP contribution in [0, 0.1) is 0 Å². The number of ether oxygens (including phenoxy) is 1. The van der Waals surface area contributed by atoms with Crippen LogP contribution in [0.3, 0.4) is 0 Å². The molecule has 2 aromatic rings. The van der Waals surface area contributed by atoms with Crippen LogP contribution < -0.4 is 10.6 Å². The first-order chi connectivity index (χ1) is 7.24. The highest BCUT2D eigenvalue weighted by Crippen LogP contribution is 2.24. The maximum absolute atomic E-state index is 5.14. The Bertz CT molecular complexity index is 465. The topological polar surface area (TPSA) is 60.3 Å². The lowest BCUT2D eigenvalue weighted by Crippen LogP contribution is -2.05. The Hall–Kier alpha value is -1.52. The molecule has 1 aromatic heterocycles. The van der Waals surface area contributed by atoms with Crippen molar-refractivity contribution in [3.05, 3.63) is 30.0 Å². The molecule has 0 spiro atoms. The number of hydrogen-bond donors (Lipinski definition) is 2. The van der Waals surface area contributed by atoms with Crippen molar-refractivity contribution in [2.45, 2.75) is 13.0 Å². The van der Waals surface area contributed by atoms with E-state index in [1.165, 1.54) is 0 Å². The fraction of sp³-hybridized carbons (Fsp3) is 0.273. The largest absolute Gasteiger partial charge is 0.497 e. The molecule has 15 heavy (non-hydrogen) atoms. The van der Waals surface area contributed by atoms with Gasteiger partial charge < -0.3 is 9.72 Å². The second-order valence-electron chi connectivity index (χ2n) is 3.46. The minimum atomic E-state index is -0.136. The van der Waals surface area contributed by atoms with Gasteiger partial charge in [-0.15, -0.1) is 0 Å². The maximum Gasteiger partial charge on any atom is 0.120 e. The zero-order chi connectivity index (χ0) is 10.8. The predicted octanol–water partition coefficient (Wildman–Crippen LogP) is 2.13. The van der Waals surface area contributed by atoms with Gasteiger partial charge in [0.2, 0.25) is 0 Å². The molecule has 2 rings (SSSR count). The van der Waals surface area contributed by atoms with Gasteiger partial charge in [0.15, 0.2) is 0 Å². The zero-order valence-electron chi connectivity index (χ0n) is 8.78. The molecular formula is C11H14N2O2. The highest BCUT2D eigenvalue weighted by atomic mass is 16.6. The Balaban J connectivity index is 2.46. The lowest BCUT2D eigenvalue weighted by Gasteiger charge is -2.04. The summed E-state index contributed by atoms with van der Waals surface area (Å²) in [6, 6.07) is 7.89. The van der Waals surface area contributed by atoms with E-state index in [0.717, 1.165) is 22.3 Å². The molecule has 0 aliphatic carbocycles. The van der Waals surface area contributed by atoms with Crippen LogP contribution in [0.4, 0.5) is 0 Å². The summed E-state index contributed by atoms with van der Waals surface area (Å²) in [6.45, 7) is 1.89. The first-order valence-electron chi connectivity index (χ1n) is 4.77.